The molecular weight excluding hydrogens is 419 g/mol. The number of carbonyl (C=O) groups is 2. The molecule has 0 aliphatic carbocycles. The predicted molar refractivity (Wildman–Crippen MR) is 121 cm³/mol. The van der Waals surface area contributed by atoms with Crippen LogP contribution in [0, 0.1) is 19.7 Å². The minimum Gasteiger partial charge on any atom is -0.484 e. The van der Waals surface area contributed by atoms with Crippen LogP contribution >= 0.6 is 11.6 Å². The van der Waals surface area contributed by atoms with Crippen molar-refractivity contribution in [3.63, 3.8) is 0 Å². The van der Waals surface area contributed by atoms with E-state index in [9.17, 15) is 14.0 Å². The molecule has 0 saturated carbocycles. The lowest BCUT2D eigenvalue weighted by atomic mass is 10.1. The highest BCUT2D eigenvalue weighted by Crippen LogP contribution is 2.26. The number of hydrogen-bond donors (Lipinski definition) is 1. The summed E-state index contributed by atoms with van der Waals surface area (Å²) in [5, 5.41) is 3.57. The topological polar surface area (TPSA) is 58.6 Å². The van der Waals surface area contributed by atoms with Gasteiger partial charge in [0.05, 0.1) is 0 Å². The average Bonchev–Trinajstić information content (AvgIpc) is 2.74. The van der Waals surface area contributed by atoms with Crippen molar-refractivity contribution in [2.45, 2.75) is 59.7 Å². The lowest BCUT2D eigenvalue weighted by molar-refractivity contribution is -0.142. The van der Waals surface area contributed by atoms with Crippen molar-refractivity contribution >= 4 is 23.4 Å². The van der Waals surface area contributed by atoms with E-state index in [4.69, 9.17) is 16.3 Å². The molecule has 1 N–H and O–H groups in total. The minimum atomic E-state index is -0.719. The molecule has 31 heavy (non-hydrogen) atoms. The van der Waals surface area contributed by atoms with Crippen molar-refractivity contribution < 1.29 is 18.7 Å². The standard InChI is InChI=1S/C24H30ClFN2O3/c1-6-17(4)27-24(30)18(5)28(13-19-7-9-20(26)10-8-19)22(29)14-31-21-11-15(2)23(25)16(3)12-21/h7-12,17-18H,6,13-14H2,1-5H3,(H,27,30)/t17-,18+/m0/s1. The second-order valence-electron chi connectivity index (χ2n) is 7.80. The molecule has 0 aromatic heterocycles. The fourth-order valence-corrected chi connectivity index (χ4v) is 3.16. The Morgan fingerprint density at radius 2 is 1.71 bits per heavy atom. The predicted octanol–water partition coefficient (Wildman–Crippen LogP) is 4.81. The first-order valence-corrected chi connectivity index (χ1v) is 10.7. The van der Waals surface area contributed by atoms with Gasteiger partial charge in [-0.2, -0.15) is 0 Å². The highest BCUT2D eigenvalue weighted by atomic mass is 35.5. The van der Waals surface area contributed by atoms with Crippen LogP contribution in [0.3, 0.4) is 0 Å². The number of hydrogen-bond acceptors (Lipinski definition) is 3. The molecular formula is C24H30ClFN2O3. The van der Waals surface area contributed by atoms with E-state index in [-0.39, 0.29) is 36.8 Å². The van der Waals surface area contributed by atoms with Crippen molar-refractivity contribution in [3.8, 4) is 5.75 Å². The Balaban J connectivity index is 2.18. The average molecular weight is 449 g/mol. The first kappa shape index (κ1) is 24.7. The summed E-state index contributed by atoms with van der Waals surface area (Å²) >= 11 is 6.19. The van der Waals surface area contributed by atoms with Gasteiger partial charge in [-0.25, -0.2) is 4.39 Å². The summed E-state index contributed by atoms with van der Waals surface area (Å²) in [7, 11) is 0. The second-order valence-corrected chi connectivity index (χ2v) is 8.18. The fraction of sp³-hybridized carbons (Fsp3) is 0.417. The van der Waals surface area contributed by atoms with Crippen molar-refractivity contribution in [2.75, 3.05) is 6.61 Å². The van der Waals surface area contributed by atoms with Gasteiger partial charge in [-0.05, 0) is 75.1 Å². The molecule has 0 heterocycles. The van der Waals surface area contributed by atoms with Crippen molar-refractivity contribution in [1.29, 1.82) is 0 Å². The van der Waals surface area contributed by atoms with E-state index in [0.717, 1.165) is 23.1 Å². The van der Waals surface area contributed by atoms with E-state index in [0.29, 0.717) is 10.8 Å². The molecule has 0 spiro atoms. The van der Waals surface area contributed by atoms with Crippen LogP contribution in [0.1, 0.15) is 43.9 Å². The SMILES string of the molecule is CC[C@H](C)NC(=O)[C@@H](C)N(Cc1ccc(F)cc1)C(=O)COc1cc(C)c(Cl)c(C)c1. The van der Waals surface area contributed by atoms with E-state index in [1.165, 1.54) is 17.0 Å². The molecule has 0 bridgehead atoms. The van der Waals surface area contributed by atoms with Gasteiger partial charge < -0.3 is 15.0 Å². The number of rotatable bonds is 9. The van der Waals surface area contributed by atoms with Crippen LogP contribution in [0.4, 0.5) is 4.39 Å². The quantitative estimate of drug-likeness (QED) is 0.599. The summed E-state index contributed by atoms with van der Waals surface area (Å²) in [6, 6.07) is 8.68. The maximum Gasteiger partial charge on any atom is 0.261 e. The Kier molecular flexibility index (Phi) is 8.87. The number of halogens is 2. The number of benzene rings is 2. The molecule has 168 valence electrons. The number of carbonyl (C=O) groups excluding carboxylic acids is 2. The van der Waals surface area contributed by atoms with Gasteiger partial charge in [-0.15, -0.1) is 0 Å². The van der Waals surface area contributed by atoms with Crippen LogP contribution in [0.2, 0.25) is 5.02 Å². The third kappa shape index (κ3) is 6.96. The first-order valence-electron chi connectivity index (χ1n) is 10.4. The van der Waals surface area contributed by atoms with Gasteiger partial charge in [0.25, 0.3) is 5.91 Å². The van der Waals surface area contributed by atoms with E-state index in [1.807, 2.05) is 27.7 Å². The summed E-state index contributed by atoms with van der Waals surface area (Å²) in [5.41, 5.74) is 2.43. The lowest BCUT2D eigenvalue weighted by Gasteiger charge is -2.29. The number of amides is 2. The van der Waals surface area contributed by atoms with E-state index in [1.54, 1.807) is 31.2 Å². The normalized spacial score (nSPS) is 12.7. The third-order valence-electron chi connectivity index (χ3n) is 5.21. The highest BCUT2D eigenvalue weighted by molar-refractivity contribution is 6.32. The molecule has 2 atom stereocenters. The van der Waals surface area contributed by atoms with Crippen LogP contribution in [0.15, 0.2) is 36.4 Å². The highest BCUT2D eigenvalue weighted by Gasteiger charge is 2.27. The lowest BCUT2D eigenvalue weighted by Crippen LogP contribution is -2.50. The number of nitrogens with one attached hydrogen (secondary N) is 1. The van der Waals surface area contributed by atoms with Crippen LogP contribution < -0.4 is 10.1 Å². The number of aryl methyl sites for hydroxylation is 2. The zero-order valence-corrected chi connectivity index (χ0v) is 19.4. The van der Waals surface area contributed by atoms with E-state index >= 15 is 0 Å². The molecule has 0 radical (unpaired) electrons. The molecule has 0 aliphatic heterocycles. The molecule has 2 aromatic carbocycles. The van der Waals surface area contributed by atoms with Gasteiger partial charge in [0.15, 0.2) is 6.61 Å². The maximum atomic E-state index is 13.3. The summed E-state index contributed by atoms with van der Waals surface area (Å²) in [5.74, 6) is -0.420. The molecule has 2 aromatic rings. The van der Waals surface area contributed by atoms with E-state index in [2.05, 4.69) is 5.32 Å². The molecule has 0 unspecified atom stereocenters. The second kappa shape index (κ2) is 11.1. The Morgan fingerprint density at radius 3 is 2.26 bits per heavy atom. The monoisotopic (exact) mass is 448 g/mol. The largest absolute Gasteiger partial charge is 0.484 e. The smallest absolute Gasteiger partial charge is 0.261 e. The molecule has 0 saturated heterocycles. The Bertz CT molecular complexity index is 895. The van der Waals surface area contributed by atoms with E-state index < -0.39 is 6.04 Å². The van der Waals surface area contributed by atoms with Crippen molar-refractivity contribution in [3.05, 3.63) is 63.9 Å². The summed E-state index contributed by atoms with van der Waals surface area (Å²) in [6.45, 7) is 9.22. The van der Waals surface area contributed by atoms with Crippen LogP contribution in [0.5, 0.6) is 5.75 Å². The Morgan fingerprint density at radius 1 is 1.13 bits per heavy atom. The minimum absolute atomic E-state index is 0.00556. The molecule has 2 amide bonds. The summed E-state index contributed by atoms with van der Waals surface area (Å²) in [6.07, 6.45) is 0.781. The Labute approximate surface area is 188 Å². The summed E-state index contributed by atoms with van der Waals surface area (Å²) < 4.78 is 19.0. The fourth-order valence-electron chi connectivity index (χ4n) is 3.05. The Hall–Kier alpha value is -2.60. The van der Waals surface area contributed by atoms with Gasteiger partial charge in [0, 0.05) is 17.6 Å². The zero-order valence-electron chi connectivity index (χ0n) is 18.7. The zero-order chi connectivity index (χ0) is 23.1. The van der Waals surface area contributed by atoms with Crippen molar-refractivity contribution in [1.82, 2.24) is 10.2 Å². The molecule has 2 rings (SSSR count). The molecule has 0 aliphatic rings. The molecule has 0 fully saturated rings. The van der Waals surface area contributed by atoms with Crippen LogP contribution in [-0.4, -0.2) is 35.4 Å². The first-order chi connectivity index (χ1) is 14.6. The summed E-state index contributed by atoms with van der Waals surface area (Å²) in [4.78, 5) is 27.2. The van der Waals surface area contributed by atoms with Crippen LogP contribution in [0.25, 0.3) is 0 Å². The third-order valence-corrected chi connectivity index (χ3v) is 5.80. The molecule has 7 heteroatoms. The van der Waals surface area contributed by atoms with Gasteiger partial charge >= 0.3 is 0 Å². The van der Waals surface area contributed by atoms with Gasteiger partial charge in [0.2, 0.25) is 5.91 Å². The maximum absolute atomic E-state index is 13.3. The van der Waals surface area contributed by atoms with Crippen molar-refractivity contribution in [2.24, 2.45) is 0 Å². The van der Waals surface area contributed by atoms with Gasteiger partial charge in [-0.1, -0.05) is 30.7 Å². The van der Waals surface area contributed by atoms with Gasteiger partial charge in [-0.3, -0.25) is 9.59 Å². The number of nitrogens with zero attached hydrogens (tertiary/aromatic N) is 1. The van der Waals surface area contributed by atoms with Gasteiger partial charge in [0.1, 0.15) is 17.6 Å². The number of ether oxygens (including phenoxy) is 1. The molecule has 5 nitrogen and oxygen atoms in total. The van der Waals surface area contributed by atoms with Crippen LogP contribution in [-0.2, 0) is 16.1 Å².